The maximum atomic E-state index is 10.3. The molecule has 0 amide bonds. The molecule has 1 rings (SSSR count). The van der Waals surface area contributed by atoms with Crippen LogP contribution in [0.3, 0.4) is 0 Å². The zero-order chi connectivity index (χ0) is 10.0. The number of aliphatic hydroxyl groups excluding tert-OH is 2. The molecule has 13 heavy (non-hydrogen) atoms. The number of ether oxygens (including phenoxy) is 1. The highest BCUT2D eigenvalue weighted by atomic mass is 16.6. The zero-order valence-corrected chi connectivity index (χ0v) is 7.88. The molecule has 1 aliphatic rings. The summed E-state index contributed by atoms with van der Waals surface area (Å²) in [5, 5.41) is 19.0. The molecule has 1 unspecified atom stereocenters. The molecule has 2 N–H and O–H groups in total. The van der Waals surface area contributed by atoms with E-state index in [-0.39, 0.29) is 24.4 Å². The van der Waals surface area contributed by atoms with Crippen LogP contribution in [0.15, 0.2) is 0 Å². The van der Waals surface area contributed by atoms with Gasteiger partial charge in [-0.3, -0.25) is 0 Å². The largest absolute Gasteiger partial charge is 0.392 e. The van der Waals surface area contributed by atoms with Crippen LogP contribution in [-0.2, 0) is 9.53 Å². The van der Waals surface area contributed by atoms with Crippen LogP contribution in [0.4, 0.5) is 0 Å². The van der Waals surface area contributed by atoms with E-state index in [1.54, 1.807) is 6.92 Å². The van der Waals surface area contributed by atoms with Gasteiger partial charge in [0, 0.05) is 18.3 Å². The normalized spacial score (nSPS) is 46.0. The Morgan fingerprint density at radius 2 is 1.92 bits per heavy atom. The van der Waals surface area contributed by atoms with E-state index in [4.69, 9.17) is 4.74 Å². The summed E-state index contributed by atoms with van der Waals surface area (Å²) in [5.41, 5.74) is 0. The molecule has 0 radical (unpaired) electrons. The van der Waals surface area contributed by atoms with Crippen LogP contribution >= 0.6 is 0 Å². The minimum Gasteiger partial charge on any atom is -0.392 e. The molecule has 4 heteroatoms. The van der Waals surface area contributed by atoms with Crippen molar-refractivity contribution in [2.75, 3.05) is 0 Å². The molecular weight excluding hydrogens is 172 g/mol. The van der Waals surface area contributed by atoms with Gasteiger partial charge in [0.15, 0.2) is 6.29 Å². The Morgan fingerprint density at radius 1 is 1.31 bits per heavy atom. The molecule has 1 heterocycles. The van der Waals surface area contributed by atoms with Gasteiger partial charge in [0.25, 0.3) is 0 Å². The summed E-state index contributed by atoms with van der Waals surface area (Å²) < 4.78 is 5.19. The van der Waals surface area contributed by atoms with Crippen molar-refractivity contribution >= 4 is 6.29 Å². The van der Waals surface area contributed by atoms with E-state index in [1.807, 2.05) is 6.92 Å². The Hall–Kier alpha value is -0.450. The predicted molar refractivity (Wildman–Crippen MR) is 45.9 cm³/mol. The predicted octanol–water partition coefficient (Wildman–Crippen LogP) is -0.0743. The van der Waals surface area contributed by atoms with Crippen molar-refractivity contribution in [3.05, 3.63) is 0 Å². The third kappa shape index (κ3) is 2.07. The smallest absolute Gasteiger partial charge is 0.159 e. The van der Waals surface area contributed by atoms with E-state index in [9.17, 15) is 15.0 Å². The lowest BCUT2D eigenvalue weighted by Crippen LogP contribution is -2.48. The summed E-state index contributed by atoms with van der Waals surface area (Å²) >= 11 is 0. The molecule has 0 aliphatic carbocycles. The summed E-state index contributed by atoms with van der Waals surface area (Å²) in [7, 11) is 0. The van der Waals surface area contributed by atoms with Gasteiger partial charge in [-0.25, -0.2) is 0 Å². The molecule has 0 bridgehead atoms. The molecule has 1 saturated heterocycles. The van der Waals surface area contributed by atoms with Gasteiger partial charge < -0.3 is 19.7 Å². The summed E-state index contributed by atoms with van der Waals surface area (Å²) in [6.07, 6.45) is -0.956. The fraction of sp³-hybridized carbons (Fsp3) is 0.889. The molecule has 0 aromatic rings. The Labute approximate surface area is 77.5 Å². The number of aldehydes is 1. The van der Waals surface area contributed by atoms with Crippen LogP contribution in [0.2, 0.25) is 0 Å². The van der Waals surface area contributed by atoms with Gasteiger partial charge in [-0.1, -0.05) is 13.8 Å². The molecule has 76 valence electrons. The lowest BCUT2D eigenvalue weighted by Gasteiger charge is -2.39. The highest BCUT2D eigenvalue weighted by Crippen LogP contribution is 2.29. The summed E-state index contributed by atoms with van der Waals surface area (Å²) in [6, 6.07) is 0. The Kier molecular flexibility index (Phi) is 3.41. The van der Waals surface area contributed by atoms with Crippen molar-refractivity contribution in [1.82, 2.24) is 0 Å². The van der Waals surface area contributed by atoms with E-state index in [2.05, 4.69) is 0 Å². The van der Waals surface area contributed by atoms with Crippen LogP contribution < -0.4 is 0 Å². The third-order valence-electron chi connectivity index (χ3n) is 2.76. The number of hydrogen-bond donors (Lipinski definition) is 2. The molecule has 0 aromatic carbocycles. The van der Waals surface area contributed by atoms with Crippen LogP contribution in [-0.4, -0.2) is 35.0 Å². The van der Waals surface area contributed by atoms with Crippen LogP contribution in [0.1, 0.15) is 20.3 Å². The van der Waals surface area contributed by atoms with Gasteiger partial charge in [-0.05, 0) is 0 Å². The highest BCUT2D eigenvalue weighted by molar-refractivity contribution is 5.50. The van der Waals surface area contributed by atoms with E-state index < -0.39 is 12.4 Å². The molecule has 5 atom stereocenters. The first-order chi connectivity index (χ1) is 6.07. The first-order valence-corrected chi connectivity index (χ1v) is 4.53. The average molecular weight is 188 g/mol. The van der Waals surface area contributed by atoms with Crippen molar-refractivity contribution in [1.29, 1.82) is 0 Å². The van der Waals surface area contributed by atoms with Crippen LogP contribution in [0.25, 0.3) is 0 Å². The second-order valence-electron chi connectivity index (χ2n) is 3.68. The van der Waals surface area contributed by atoms with Crippen molar-refractivity contribution in [3.8, 4) is 0 Å². The van der Waals surface area contributed by atoms with Gasteiger partial charge in [0.2, 0.25) is 0 Å². The van der Waals surface area contributed by atoms with Gasteiger partial charge in [0.05, 0.1) is 12.2 Å². The average Bonchev–Trinajstić information content (AvgIpc) is 2.11. The van der Waals surface area contributed by atoms with Crippen LogP contribution in [0.5, 0.6) is 0 Å². The standard InChI is InChI=1S/C9H16O4/c1-5-7(3-4-10)13-9(12)6(2)8(5)11/h4-9,11-12H,3H2,1-2H3/t5-,6+,7-,8-,9?/m0/s1. The Morgan fingerprint density at radius 3 is 2.46 bits per heavy atom. The first-order valence-electron chi connectivity index (χ1n) is 4.53. The maximum Gasteiger partial charge on any atom is 0.159 e. The second-order valence-corrected chi connectivity index (χ2v) is 3.68. The fourth-order valence-electron chi connectivity index (χ4n) is 1.66. The monoisotopic (exact) mass is 188 g/mol. The Balaban J connectivity index is 2.64. The van der Waals surface area contributed by atoms with Crippen LogP contribution in [0, 0.1) is 11.8 Å². The SMILES string of the molecule is C[C@@H]1[C@H](O)[C@@H](C)C(O)O[C@H]1CC=O. The number of carbonyl (C=O) groups excluding carboxylic acids is 1. The van der Waals surface area contributed by atoms with Gasteiger partial charge in [-0.2, -0.15) is 0 Å². The number of hydrogen-bond acceptors (Lipinski definition) is 4. The van der Waals surface area contributed by atoms with Crippen molar-refractivity contribution < 1.29 is 19.7 Å². The van der Waals surface area contributed by atoms with E-state index >= 15 is 0 Å². The third-order valence-corrected chi connectivity index (χ3v) is 2.76. The molecule has 1 aliphatic heterocycles. The lowest BCUT2D eigenvalue weighted by molar-refractivity contribution is -0.240. The zero-order valence-electron chi connectivity index (χ0n) is 7.88. The van der Waals surface area contributed by atoms with Crippen molar-refractivity contribution in [2.45, 2.75) is 38.8 Å². The molecular formula is C9H16O4. The van der Waals surface area contributed by atoms with E-state index in [0.717, 1.165) is 6.29 Å². The van der Waals surface area contributed by atoms with Crippen molar-refractivity contribution in [3.63, 3.8) is 0 Å². The lowest BCUT2D eigenvalue weighted by atomic mass is 9.85. The summed E-state index contributed by atoms with van der Waals surface area (Å²) in [4.78, 5) is 10.3. The molecule has 1 fully saturated rings. The second kappa shape index (κ2) is 4.17. The number of carbonyl (C=O) groups is 1. The topological polar surface area (TPSA) is 66.8 Å². The molecule has 0 aromatic heterocycles. The fourth-order valence-corrected chi connectivity index (χ4v) is 1.66. The molecule has 0 saturated carbocycles. The van der Waals surface area contributed by atoms with Gasteiger partial charge in [-0.15, -0.1) is 0 Å². The number of rotatable bonds is 2. The number of aliphatic hydroxyl groups is 2. The highest BCUT2D eigenvalue weighted by Gasteiger charge is 2.39. The quantitative estimate of drug-likeness (QED) is 0.595. The summed E-state index contributed by atoms with van der Waals surface area (Å²) in [6.45, 7) is 3.55. The van der Waals surface area contributed by atoms with Gasteiger partial charge >= 0.3 is 0 Å². The molecule has 0 spiro atoms. The maximum absolute atomic E-state index is 10.3. The first kappa shape index (κ1) is 10.6. The van der Waals surface area contributed by atoms with Gasteiger partial charge in [0.1, 0.15) is 6.29 Å². The minimum atomic E-state index is -0.962. The van der Waals surface area contributed by atoms with E-state index in [0.29, 0.717) is 0 Å². The summed E-state index contributed by atoms with van der Waals surface area (Å²) in [5.74, 6) is -0.401. The van der Waals surface area contributed by atoms with Crippen molar-refractivity contribution in [2.24, 2.45) is 11.8 Å². The Bertz CT molecular complexity index is 182. The molecule has 4 nitrogen and oxygen atoms in total. The minimum absolute atomic E-state index is 0.108. The van der Waals surface area contributed by atoms with E-state index in [1.165, 1.54) is 0 Å².